The number of rotatable bonds is 6. The number of hydrogen-bond donors (Lipinski definition) is 2. The van der Waals surface area contributed by atoms with Gasteiger partial charge in [0.25, 0.3) is 5.91 Å². The van der Waals surface area contributed by atoms with Crippen molar-refractivity contribution in [2.75, 3.05) is 5.32 Å². The molecule has 25 heavy (non-hydrogen) atoms. The maximum absolute atomic E-state index is 12.3. The van der Waals surface area contributed by atoms with E-state index in [1.807, 2.05) is 32.0 Å². The summed E-state index contributed by atoms with van der Waals surface area (Å²) in [6.45, 7) is 4.80. The summed E-state index contributed by atoms with van der Waals surface area (Å²) in [5.41, 5.74) is 3.38. The van der Waals surface area contributed by atoms with Crippen molar-refractivity contribution in [3.05, 3.63) is 77.0 Å². The third-order valence-corrected chi connectivity index (χ3v) is 3.62. The zero-order chi connectivity index (χ0) is 17.6. The molecule has 3 rings (SSSR count). The number of amides is 1. The van der Waals surface area contributed by atoms with E-state index < -0.39 is 0 Å². The minimum absolute atomic E-state index is 0.263. The van der Waals surface area contributed by atoms with Crippen LogP contribution in [0.15, 0.2) is 53.1 Å². The van der Waals surface area contributed by atoms with Crippen LogP contribution >= 0.6 is 0 Å². The summed E-state index contributed by atoms with van der Waals surface area (Å²) in [6.07, 6.45) is 1.57. The fourth-order valence-electron chi connectivity index (χ4n) is 2.44. The molecule has 0 saturated heterocycles. The van der Waals surface area contributed by atoms with Gasteiger partial charge in [-0.15, -0.1) is 0 Å². The Bertz CT molecular complexity index is 860. The smallest absolute Gasteiger partial charge is 0.270 e. The molecule has 0 spiro atoms. The van der Waals surface area contributed by atoms with E-state index in [1.165, 1.54) is 5.56 Å². The molecule has 0 aliphatic carbocycles. The van der Waals surface area contributed by atoms with Crippen molar-refractivity contribution in [3.63, 3.8) is 0 Å². The first-order valence-electron chi connectivity index (χ1n) is 8.06. The molecule has 6 nitrogen and oxygen atoms in total. The minimum Gasteiger partial charge on any atom is -0.467 e. The topological polar surface area (TPSA) is 80.0 Å². The van der Waals surface area contributed by atoms with Crippen LogP contribution in [-0.2, 0) is 13.1 Å². The first-order chi connectivity index (χ1) is 12.1. The highest BCUT2D eigenvalue weighted by atomic mass is 16.3. The average molecular weight is 336 g/mol. The molecule has 0 aliphatic rings. The standard InChI is InChI=1S/C19H20N4O2/c1-13-5-3-6-15(9-13)11-21-19-22-14(2)10-17(23-19)18(24)20-12-16-7-4-8-25-16/h3-10H,11-12H2,1-2H3,(H,20,24)(H,21,22,23). The number of carbonyl (C=O) groups excluding carboxylic acids is 1. The molecule has 128 valence electrons. The van der Waals surface area contributed by atoms with Gasteiger partial charge in [-0.3, -0.25) is 4.79 Å². The first-order valence-corrected chi connectivity index (χ1v) is 8.06. The van der Waals surface area contributed by atoms with Crippen molar-refractivity contribution in [1.29, 1.82) is 0 Å². The second-order valence-corrected chi connectivity index (χ2v) is 5.82. The van der Waals surface area contributed by atoms with E-state index in [1.54, 1.807) is 24.5 Å². The van der Waals surface area contributed by atoms with Gasteiger partial charge in [0.1, 0.15) is 11.5 Å². The van der Waals surface area contributed by atoms with Crippen molar-refractivity contribution in [1.82, 2.24) is 15.3 Å². The molecule has 6 heteroatoms. The van der Waals surface area contributed by atoms with Crippen LogP contribution in [0, 0.1) is 13.8 Å². The second kappa shape index (κ2) is 7.61. The molecule has 1 aromatic carbocycles. The molecule has 2 aromatic heterocycles. The minimum atomic E-state index is -0.263. The third-order valence-electron chi connectivity index (χ3n) is 3.62. The van der Waals surface area contributed by atoms with Gasteiger partial charge in [-0.25, -0.2) is 9.97 Å². The fraction of sp³-hybridized carbons (Fsp3) is 0.211. The molecule has 0 unspecified atom stereocenters. The predicted molar refractivity (Wildman–Crippen MR) is 95.2 cm³/mol. The Hall–Kier alpha value is -3.15. The van der Waals surface area contributed by atoms with Gasteiger partial charge in [-0.1, -0.05) is 29.8 Å². The Kier molecular flexibility index (Phi) is 5.09. The molecule has 2 heterocycles. The number of anilines is 1. The zero-order valence-electron chi connectivity index (χ0n) is 14.2. The SMILES string of the molecule is Cc1cccc(CNc2nc(C)cc(C(=O)NCc3ccco3)n2)c1. The summed E-state index contributed by atoms with van der Waals surface area (Å²) in [6, 6.07) is 13.4. The van der Waals surface area contributed by atoms with Crippen LogP contribution in [0.4, 0.5) is 5.95 Å². The number of nitrogens with zero attached hydrogens (tertiary/aromatic N) is 2. The van der Waals surface area contributed by atoms with E-state index >= 15 is 0 Å². The van der Waals surface area contributed by atoms with Crippen molar-refractivity contribution >= 4 is 11.9 Å². The van der Waals surface area contributed by atoms with Crippen LogP contribution < -0.4 is 10.6 Å². The van der Waals surface area contributed by atoms with E-state index in [4.69, 9.17) is 4.42 Å². The number of aryl methyl sites for hydroxylation is 2. The van der Waals surface area contributed by atoms with Gasteiger partial charge in [0.05, 0.1) is 12.8 Å². The summed E-state index contributed by atoms with van der Waals surface area (Å²) in [5.74, 6) is 0.863. The highest BCUT2D eigenvalue weighted by Crippen LogP contribution is 2.09. The lowest BCUT2D eigenvalue weighted by molar-refractivity contribution is 0.0943. The summed E-state index contributed by atoms with van der Waals surface area (Å²) >= 11 is 0. The maximum Gasteiger partial charge on any atom is 0.270 e. The Balaban J connectivity index is 1.66. The van der Waals surface area contributed by atoms with Crippen LogP contribution in [0.2, 0.25) is 0 Å². The number of aromatic nitrogens is 2. The molecule has 0 atom stereocenters. The Morgan fingerprint density at radius 2 is 1.96 bits per heavy atom. The lowest BCUT2D eigenvalue weighted by Crippen LogP contribution is -2.24. The van der Waals surface area contributed by atoms with Crippen LogP contribution in [-0.4, -0.2) is 15.9 Å². The number of carbonyl (C=O) groups is 1. The van der Waals surface area contributed by atoms with Crippen molar-refractivity contribution in [2.45, 2.75) is 26.9 Å². The number of nitrogens with one attached hydrogen (secondary N) is 2. The van der Waals surface area contributed by atoms with Crippen LogP contribution in [0.5, 0.6) is 0 Å². The molecular weight excluding hydrogens is 316 g/mol. The van der Waals surface area contributed by atoms with Gasteiger partial charge < -0.3 is 15.1 Å². The lowest BCUT2D eigenvalue weighted by atomic mass is 10.1. The quantitative estimate of drug-likeness (QED) is 0.722. The normalized spacial score (nSPS) is 10.5. The predicted octanol–water partition coefficient (Wildman–Crippen LogP) is 3.23. The van der Waals surface area contributed by atoms with Gasteiger partial charge in [0.2, 0.25) is 5.95 Å². The zero-order valence-corrected chi connectivity index (χ0v) is 14.2. The van der Waals surface area contributed by atoms with Gasteiger partial charge in [0, 0.05) is 12.2 Å². The van der Waals surface area contributed by atoms with Crippen molar-refractivity contribution in [3.8, 4) is 0 Å². The van der Waals surface area contributed by atoms with Gasteiger partial charge in [0.15, 0.2) is 0 Å². The summed E-state index contributed by atoms with van der Waals surface area (Å²) in [7, 11) is 0. The Morgan fingerprint density at radius 1 is 1.08 bits per heavy atom. The molecule has 0 saturated carbocycles. The van der Waals surface area contributed by atoms with Crippen molar-refractivity contribution < 1.29 is 9.21 Å². The highest BCUT2D eigenvalue weighted by molar-refractivity contribution is 5.92. The third kappa shape index (κ3) is 4.67. The highest BCUT2D eigenvalue weighted by Gasteiger charge is 2.11. The number of hydrogen-bond acceptors (Lipinski definition) is 5. The second-order valence-electron chi connectivity index (χ2n) is 5.82. The summed E-state index contributed by atoms with van der Waals surface area (Å²) in [5, 5.41) is 5.96. The number of benzene rings is 1. The first kappa shape index (κ1) is 16.7. The summed E-state index contributed by atoms with van der Waals surface area (Å²) < 4.78 is 5.20. The van der Waals surface area contributed by atoms with Gasteiger partial charge in [-0.2, -0.15) is 0 Å². The fourth-order valence-corrected chi connectivity index (χ4v) is 2.44. The van der Waals surface area contributed by atoms with E-state index in [0.717, 1.165) is 11.3 Å². The molecule has 2 N–H and O–H groups in total. The van der Waals surface area contributed by atoms with Crippen molar-refractivity contribution in [2.24, 2.45) is 0 Å². The largest absolute Gasteiger partial charge is 0.467 e. The van der Waals surface area contributed by atoms with Crippen LogP contribution in [0.3, 0.4) is 0 Å². The molecule has 3 aromatic rings. The molecule has 0 fully saturated rings. The van der Waals surface area contributed by atoms with Crippen LogP contribution in [0.25, 0.3) is 0 Å². The van der Waals surface area contributed by atoms with E-state index in [0.29, 0.717) is 30.5 Å². The molecule has 0 aliphatic heterocycles. The monoisotopic (exact) mass is 336 g/mol. The van der Waals surface area contributed by atoms with E-state index in [9.17, 15) is 4.79 Å². The lowest BCUT2D eigenvalue weighted by Gasteiger charge is -2.09. The van der Waals surface area contributed by atoms with Gasteiger partial charge in [-0.05, 0) is 37.6 Å². The Labute approximate surface area is 146 Å². The molecule has 0 radical (unpaired) electrons. The van der Waals surface area contributed by atoms with E-state index in [2.05, 4.69) is 26.7 Å². The summed E-state index contributed by atoms with van der Waals surface area (Å²) in [4.78, 5) is 20.9. The molecular formula is C19H20N4O2. The van der Waals surface area contributed by atoms with Crippen LogP contribution in [0.1, 0.15) is 33.1 Å². The van der Waals surface area contributed by atoms with Gasteiger partial charge >= 0.3 is 0 Å². The van der Waals surface area contributed by atoms with E-state index in [-0.39, 0.29) is 5.91 Å². The number of furan rings is 1. The Morgan fingerprint density at radius 3 is 2.72 bits per heavy atom. The average Bonchev–Trinajstić information content (AvgIpc) is 3.11. The molecule has 0 bridgehead atoms. The molecule has 1 amide bonds. The maximum atomic E-state index is 12.3.